The highest BCUT2D eigenvalue weighted by molar-refractivity contribution is 6.35. The van der Waals surface area contributed by atoms with Crippen LogP contribution in [0.2, 0.25) is 10.0 Å². The Balaban J connectivity index is 1.54. The van der Waals surface area contributed by atoms with E-state index in [4.69, 9.17) is 23.2 Å². The third-order valence-corrected chi connectivity index (χ3v) is 6.49. The van der Waals surface area contributed by atoms with Crippen molar-refractivity contribution in [3.63, 3.8) is 0 Å². The summed E-state index contributed by atoms with van der Waals surface area (Å²) in [6.45, 7) is 2.60. The Morgan fingerprint density at radius 1 is 1.03 bits per heavy atom. The Bertz CT molecular complexity index is 1240. The van der Waals surface area contributed by atoms with E-state index in [1.54, 1.807) is 6.07 Å². The molecule has 164 valence electrons. The van der Waals surface area contributed by atoms with Gasteiger partial charge in [0.15, 0.2) is 0 Å². The van der Waals surface area contributed by atoms with Crippen LogP contribution in [0.4, 0.5) is 0 Å². The van der Waals surface area contributed by atoms with Crippen molar-refractivity contribution in [3.05, 3.63) is 105 Å². The Morgan fingerprint density at radius 2 is 1.78 bits per heavy atom. The first-order valence-electron chi connectivity index (χ1n) is 10.7. The van der Waals surface area contributed by atoms with Gasteiger partial charge in [-0.1, -0.05) is 77.3 Å². The molecule has 0 aliphatic rings. The van der Waals surface area contributed by atoms with Crippen LogP contribution in [0.5, 0.6) is 0 Å². The average Bonchev–Trinajstić information content (AvgIpc) is 3.11. The van der Waals surface area contributed by atoms with Gasteiger partial charge in [-0.25, -0.2) is 0 Å². The zero-order chi connectivity index (χ0) is 22.7. The number of fused-ring (bicyclic) bond motifs is 1. The van der Waals surface area contributed by atoms with Crippen LogP contribution in [-0.2, 0) is 18.3 Å². The molecule has 0 bridgehead atoms. The van der Waals surface area contributed by atoms with Crippen LogP contribution < -0.4 is 5.32 Å². The molecule has 4 aromatic rings. The van der Waals surface area contributed by atoms with Gasteiger partial charge in [-0.15, -0.1) is 0 Å². The van der Waals surface area contributed by atoms with Crippen molar-refractivity contribution >= 4 is 40.0 Å². The van der Waals surface area contributed by atoms with Crippen molar-refractivity contribution in [3.8, 4) is 0 Å². The summed E-state index contributed by atoms with van der Waals surface area (Å²) >= 11 is 12.2. The standard InChI is InChI=1S/C27H26Cl2N2O/c1-18-7-9-19(10-8-18)23(24-17-31(2)26-6-4-3-5-22(24)26)16-27(32)30-14-13-20-11-12-21(28)15-25(20)29/h3-12,15,17,23H,13-14,16H2,1-2H3,(H,30,32). The maximum absolute atomic E-state index is 13.0. The van der Waals surface area contributed by atoms with E-state index in [0.29, 0.717) is 29.4 Å². The maximum Gasteiger partial charge on any atom is 0.220 e. The highest BCUT2D eigenvalue weighted by atomic mass is 35.5. The summed E-state index contributed by atoms with van der Waals surface area (Å²) in [6.07, 6.45) is 3.19. The van der Waals surface area contributed by atoms with Crippen molar-refractivity contribution in [1.82, 2.24) is 9.88 Å². The third kappa shape index (κ3) is 5.01. The number of nitrogens with zero attached hydrogens (tertiary/aromatic N) is 1. The summed E-state index contributed by atoms with van der Waals surface area (Å²) in [5.41, 5.74) is 5.65. The minimum Gasteiger partial charge on any atom is -0.356 e. The largest absolute Gasteiger partial charge is 0.356 e. The number of amides is 1. The van der Waals surface area contributed by atoms with E-state index in [1.807, 2.05) is 31.3 Å². The van der Waals surface area contributed by atoms with Gasteiger partial charge in [0.05, 0.1) is 0 Å². The predicted octanol–water partition coefficient (Wildman–Crippen LogP) is 6.67. The molecular weight excluding hydrogens is 439 g/mol. The molecule has 1 atom stereocenters. The molecule has 0 saturated carbocycles. The van der Waals surface area contributed by atoms with Crippen LogP contribution in [0, 0.1) is 6.92 Å². The number of aryl methyl sites for hydroxylation is 2. The van der Waals surface area contributed by atoms with E-state index in [9.17, 15) is 4.79 Å². The van der Waals surface area contributed by atoms with Crippen molar-refractivity contribution in [2.24, 2.45) is 7.05 Å². The highest BCUT2D eigenvalue weighted by Crippen LogP contribution is 2.34. The molecular formula is C27H26Cl2N2O. The van der Waals surface area contributed by atoms with E-state index in [0.717, 1.165) is 16.6 Å². The molecule has 1 heterocycles. The van der Waals surface area contributed by atoms with Crippen molar-refractivity contribution in [1.29, 1.82) is 0 Å². The second-order valence-electron chi connectivity index (χ2n) is 8.22. The molecule has 0 radical (unpaired) electrons. The number of rotatable bonds is 7. The van der Waals surface area contributed by atoms with Gasteiger partial charge in [0.25, 0.3) is 0 Å². The smallest absolute Gasteiger partial charge is 0.220 e. The molecule has 5 heteroatoms. The highest BCUT2D eigenvalue weighted by Gasteiger charge is 2.22. The number of para-hydroxylation sites is 1. The van der Waals surface area contributed by atoms with Crippen molar-refractivity contribution < 1.29 is 4.79 Å². The molecule has 0 fully saturated rings. The third-order valence-electron chi connectivity index (χ3n) is 5.90. The number of aromatic nitrogens is 1. The van der Waals surface area contributed by atoms with E-state index in [-0.39, 0.29) is 11.8 Å². The fourth-order valence-corrected chi connectivity index (χ4v) is 4.68. The summed E-state index contributed by atoms with van der Waals surface area (Å²) in [4.78, 5) is 13.0. The lowest BCUT2D eigenvalue weighted by atomic mass is 9.87. The lowest BCUT2D eigenvalue weighted by Crippen LogP contribution is -2.27. The molecule has 1 N–H and O–H groups in total. The fourth-order valence-electron chi connectivity index (χ4n) is 4.18. The SMILES string of the molecule is Cc1ccc(C(CC(=O)NCCc2ccc(Cl)cc2Cl)c2cn(C)c3ccccc23)cc1. The minimum absolute atomic E-state index is 0.0218. The summed E-state index contributed by atoms with van der Waals surface area (Å²) in [7, 11) is 2.05. The van der Waals surface area contributed by atoms with Gasteiger partial charge in [-0.2, -0.15) is 0 Å². The number of carbonyl (C=O) groups is 1. The van der Waals surface area contributed by atoms with Gasteiger partial charge >= 0.3 is 0 Å². The van der Waals surface area contributed by atoms with Crippen LogP contribution in [0.3, 0.4) is 0 Å². The Kier molecular flexibility index (Phi) is 6.88. The molecule has 1 unspecified atom stereocenters. The lowest BCUT2D eigenvalue weighted by molar-refractivity contribution is -0.121. The Labute approximate surface area is 199 Å². The van der Waals surface area contributed by atoms with Gasteiger partial charge in [-0.05, 0) is 48.2 Å². The topological polar surface area (TPSA) is 34.0 Å². The molecule has 3 aromatic carbocycles. The fraction of sp³-hybridized carbons (Fsp3) is 0.222. The number of nitrogens with one attached hydrogen (secondary N) is 1. The van der Waals surface area contributed by atoms with Gasteiger partial charge in [0.2, 0.25) is 5.91 Å². The second kappa shape index (κ2) is 9.81. The molecule has 1 aromatic heterocycles. The zero-order valence-electron chi connectivity index (χ0n) is 18.2. The molecule has 0 aliphatic carbocycles. The summed E-state index contributed by atoms with van der Waals surface area (Å²) in [5.74, 6) is -0.00517. The monoisotopic (exact) mass is 464 g/mol. The van der Waals surface area contributed by atoms with Crippen LogP contribution in [-0.4, -0.2) is 17.0 Å². The summed E-state index contributed by atoms with van der Waals surface area (Å²) in [6, 6.07) is 22.3. The van der Waals surface area contributed by atoms with Crippen LogP contribution in [0.25, 0.3) is 10.9 Å². The van der Waals surface area contributed by atoms with Crippen molar-refractivity contribution in [2.45, 2.75) is 25.7 Å². The Morgan fingerprint density at radius 3 is 2.53 bits per heavy atom. The van der Waals surface area contributed by atoms with E-state index >= 15 is 0 Å². The molecule has 4 rings (SSSR count). The van der Waals surface area contributed by atoms with Gasteiger partial charge in [0, 0.05) is 53.1 Å². The second-order valence-corrected chi connectivity index (χ2v) is 9.06. The predicted molar refractivity (Wildman–Crippen MR) is 134 cm³/mol. The number of benzene rings is 3. The normalized spacial score (nSPS) is 12.1. The van der Waals surface area contributed by atoms with E-state index in [1.165, 1.54) is 16.5 Å². The van der Waals surface area contributed by atoms with Gasteiger partial charge in [-0.3, -0.25) is 4.79 Å². The number of halogens is 2. The quantitative estimate of drug-likeness (QED) is 0.325. The first-order chi connectivity index (χ1) is 15.4. The van der Waals surface area contributed by atoms with Crippen molar-refractivity contribution in [2.75, 3.05) is 6.54 Å². The number of carbonyl (C=O) groups excluding carboxylic acids is 1. The molecule has 3 nitrogen and oxygen atoms in total. The maximum atomic E-state index is 13.0. The van der Waals surface area contributed by atoms with E-state index < -0.39 is 0 Å². The summed E-state index contributed by atoms with van der Waals surface area (Å²) in [5, 5.41) is 5.49. The van der Waals surface area contributed by atoms with E-state index in [2.05, 4.69) is 59.4 Å². The van der Waals surface area contributed by atoms with Crippen LogP contribution in [0.15, 0.2) is 72.9 Å². The molecule has 32 heavy (non-hydrogen) atoms. The molecule has 0 aliphatic heterocycles. The lowest BCUT2D eigenvalue weighted by Gasteiger charge is -2.18. The average molecular weight is 465 g/mol. The zero-order valence-corrected chi connectivity index (χ0v) is 19.8. The van der Waals surface area contributed by atoms with Crippen LogP contribution in [0.1, 0.15) is 34.6 Å². The number of hydrogen-bond donors (Lipinski definition) is 1. The summed E-state index contributed by atoms with van der Waals surface area (Å²) < 4.78 is 2.13. The first-order valence-corrected chi connectivity index (χ1v) is 11.5. The molecule has 1 amide bonds. The Hall–Kier alpha value is -2.75. The first kappa shape index (κ1) is 22.4. The molecule has 0 spiro atoms. The van der Waals surface area contributed by atoms with Crippen LogP contribution >= 0.6 is 23.2 Å². The van der Waals surface area contributed by atoms with Gasteiger partial charge < -0.3 is 9.88 Å². The minimum atomic E-state index is -0.0270. The van der Waals surface area contributed by atoms with Gasteiger partial charge in [0.1, 0.15) is 0 Å². The molecule has 0 saturated heterocycles. The number of hydrogen-bond acceptors (Lipinski definition) is 1.